The van der Waals surface area contributed by atoms with Crippen molar-refractivity contribution in [1.29, 1.82) is 0 Å². The minimum atomic E-state index is -0.0974. The maximum atomic E-state index is 12.2. The molecule has 1 N–H and O–H groups in total. The summed E-state index contributed by atoms with van der Waals surface area (Å²) < 4.78 is 0. The molecule has 2 fully saturated rings. The summed E-state index contributed by atoms with van der Waals surface area (Å²) in [6.45, 7) is 2.08. The number of benzene rings is 1. The van der Waals surface area contributed by atoms with Crippen molar-refractivity contribution in [3.63, 3.8) is 0 Å². The van der Waals surface area contributed by atoms with Crippen LogP contribution in [0.2, 0.25) is 0 Å². The summed E-state index contributed by atoms with van der Waals surface area (Å²) in [7, 11) is 0. The topological polar surface area (TPSA) is 69.0 Å². The van der Waals surface area contributed by atoms with Crippen LogP contribution in [-0.2, 0) is 4.79 Å². The van der Waals surface area contributed by atoms with Gasteiger partial charge in [-0.05, 0) is 61.3 Å². The van der Waals surface area contributed by atoms with E-state index in [-0.39, 0.29) is 18.6 Å². The summed E-state index contributed by atoms with van der Waals surface area (Å²) in [5.74, 6) is 2.22. The van der Waals surface area contributed by atoms with Crippen LogP contribution < -0.4 is 10.2 Å². The second-order valence-corrected chi connectivity index (χ2v) is 6.92. The van der Waals surface area contributed by atoms with Gasteiger partial charge in [0.25, 0.3) is 5.91 Å². The predicted octanol–water partition coefficient (Wildman–Crippen LogP) is 1.80. The number of carbonyl (C=O) groups excluding carboxylic acids is 1. The van der Waals surface area contributed by atoms with Crippen LogP contribution in [0.3, 0.4) is 0 Å². The SMILES string of the molecule is C[C@H](NC(=O)COn1nnc2ccccc21)[C@H]1C[C@H]2CC[C@H]1C2. The van der Waals surface area contributed by atoms with Crippen LogP contribution in [0.4, 0.5) is 0 Å². The zero-order valence-corrected chi connectivity index (χ0v) is 13.3. The van der Waals surface area contributed by atoms with Gasteiger partial charge in [0, 0.05) is 6.04 Å². The van der Waals surface area contributed by atoms with Gasteiger partial charge in [-0.1, -0.05) is 23.4 Å². The minimum Gasteiger partial charge on any atom is -0.385 e. The molecule has 6 heteroatoms. The molecule has 1 heterocycles. The highest BCUT2D eigenvalue weighted by atomic mass is 16.7. The highest BCUT2D eigenvalue weighted by Crippen LogP contribution is 2.49. The number of aromatic nitrogens is 3. The van der Waals surface area contributed by atoms with E-state index in [1.165, 1.54) is 30.5 Å². The van der Waals surface area contributed by atoms with Gasteiger partial charge in [-0.15, -0.1) is 5.10 Å². The Labute approximate surface area is 135 Å². The molecule has 0 unspecified atom stereocenters. The van der Waals surface area contributed by atoms with E-state index < -0.39 is 0 Å². The Morgan fingerprint density at radius 3 is 3.04 bits per heavy atom. The van der Waals surface area contributed by atoms with Gasteiger partial charge in [-0.2, -0.15) is 0 Å². The molecule has 122 valence electrons. The molecule has 0 radical (unpaired) electrons. The molecule has 0 spiro atoms. The Kier molecular flexibility index (Phi) is 3.67. The Bertz CT molecular complexity index is 713. The zero-order chi connectivity index (χ0) is 15.8. The third kappa shape index (κ3) is 2.78. The van der Waals surface area contributed by atoms with Crippen LogP contribution in [0.15, 0.2) is 24.3 Å². The molecular weight excluding hydrogens is 292 g/mol. The fourth-order valence-electron chi connectivity index (χ4n) is 4.37. The van der Waals surface area contributed by atoms with Crippen molar-refractivity contribution in [3.05, 3.63) is 24.3 Å². The number of nitrogens with one attached hydrogen (secondary N) is 1. The maximum Gasteiger partial charge on any atom is 0.260 e. The van der Waals surface area contributed by atoms with Gasteiger partial charge in [0.1, 0.15) is 11.0 Å². The molecule has 1 aromatic heterocycles. The lowest BCUT2D eigenvalue weighted by Crippen LogP contribution is -2.43. The first-order valence-corrected chi connectivity index (χ1v) is 8.44. The van der Waals surface area contributed by atoms with E-state index in [0.29, 0.717) is 5.92 Å². The third-order valence-electron chi connectivity index (χ3n) is 5.46. The highest BCUT2D eigenvalue weighted by Gasteiger charge is 2.42. The molecule has 6 nitrogen and oxygen atoms in total. The van der Waals surface area contributed by atoms with Gasteiger partial charge in [0.15, 0.2) is 6.61 Å². The molecule has 2 saturated carbocycles. The number of amides is 1. The number of carbonyl (C=O) groups is 1. The van der Waals surface area contributed by atoms with Crippen LogP contribution in [-0.4, -0.2) is 33.7 Å². The van der Waals surface area contributed by atoms with Crippen molar-refractivity contribution in [2.24, 2.45) is 17.8 Å². The second-order valence-electron chi connectivity index (χ2n) is 6.92. The monoisotopic (exact) mass is 314 g/mol. The van der Waals surface area contributed by atoms with Crippen molar-refractivity contribution in [2.75, 3.05) is 6.61 Å². The second kappa shape index (κ2) is 5.83. The van der Waals surface area contributed by atoms with Crippen molar-refractivity contribution < 1.29 is 9.63 Å². The van der Waals surface area contributed by atoms with Crippen LogP contribution >= 0.6 is 0 Å². The van der Waals surface area contributed by atoms with Gasteiger partial charge in [-0.25, -0.2) is 0 Å². The standard InChI is InChI=1S/C17H22N4O2/c1-11(14-9-12-6-7-13(14)8-12)18-17(22)10-23-21-16-5-3-2-4-15(16)19-20-21/h2-5,11-14H,6-10H2,1H3,(H,18,22)/t11-,12-,13-,14+/m0/s1. The smallest absolute Gasteiger partial charge is 0.260 e. The molecule has 0 aliphatic heterocycles. The molecule has 4 rings (SSSR count). The Hall–Kier alpha value is -2.11. The number of hydrogen-bond acceptors (Lipinski definition) is 4. The van der Waals surface area contributed by atoms with E-state index in [4.69, 9.17) is 4.84 Å². The lowest BCUT2D eigenvalue weighted by atomic mass is 9.84. The lowest BCUT2D eigenvalue weighted by molar-refractivity contribution is -0.127. The van der Waals surface area contributed by atoms with E-state index in [1.54, 1.807) is 0 Å². The van der Waals surface area contributed by atoms with E-state index in [2.05, 4.69) is 22.6 Å². The summed E-state index contributed by atoms with van der Waals surface area (Å²) in [4.78, 5) is 18.9. The largest absolute Gasteiger partial charge is 0.385 e. The van der Waals surface area contributed by atoms with Gasteiger partial charge in [0.2, 0.25) is 0 Å². The molecule has 2 aliphatic carbocycles. The fraction of sp³-hybridized carbons (Fsp3) is 0.588. The molecule has 23 heavy (non-hydrogen) atoms. The summed E-state index contributed by atoms with van der Waals surface area (Å²) in [6.07, 6.45) is 5.33. The minimum absolute atomic E-state index is 0.0431. The van der Waals surface area contributed by atoms with Crippen molar-refractivity contribution in [3.8, 4) is 0 Å². The van der Waals surface area contributed by atoms with Crippen LogP contribution in [0.1, 0.15) is 32.6 Å². The van der Waals surface area contributed by atoms with Gasteiger partial charge in [0.05, 0.1) is 0 Å². The Morgan fingerprint density at radius 2 is 2.26 bits per heavy atom. The molecule has 1 aromatic carbocycles. The molecule has 2 bridgehead atoms. The quantitative estimate of drug-likeness (QED) is 0.914. The molecule has 0 saturated heterocycles. The fourth-order valence-corrected chi connectivity index (χ4v) is 4.37. The van der Waals surface area contributed by atoms with Gasteiger partial charge < -0.3 is 10.2 Å². The highest BCUT2D eigenvalue weighted by molar-refractivity contribution is 5.78. The first-order valence-electron chi connectivity index (χ1n) is 8.44. The van der Waals surface area contributed by atoms with Crippen LogP contribution in [0.5, 0.6) is 0 Å². The summed E-state index contributed by atoms with van der Waals surface area (Å²) in [5.41, 5.74) is 1.52. The number of hydrogen-bond donors (Lipinski definition) is 1. The van der Waals surface area contributed by atoms with Crippen molar-refractivity contribution >= 4 is 16.9 Å². The Morgan fingerprint density at radius 1 is 1.39 bits per heavy atom. The predicted molar refractivity (Wildman–Crippen MR) is 85.5 cm³/mol. The maximum absolute atomic E-state index is 12.2. The number of fused-ring (bicyclic) bond motifs is 3. The normalized spacial score (nSPS) is 27.3. The Balaban J connectivity index is 1.32. The van der Waals surface area contributed by atoms with Gasteiger partial charge >= 0.3 is 0 Å². The summed E-state index contributed by atoms with van der Waals surface area (Å²) in [6, 6.07) is 7.73. The lowest BCUT2D eigenvalue weighted by Gasteiger charge is -2.28. The molecule has 2 aliphatic rings. The van der Waals surface area contributed by atoms with Crippen molar-refractivity contribution in [2.45, 2.75) is 38.6 Å². The summed E-state index contributed by atoms with van der Waals surface area (Å²) >= 11 is 0. The van der Waals surface area contributed by atoms with E-state index >= 15 is 0 Å². The molecule has 4 atom stereocenters. The van der Waals surface area contributed by atoms with Gasteiger partial charge in [-0.3, -0.25) is 4.79 Å². The molecule has 2 aromatic rings. The number of nitrogens with zero attached hydrogens (tertiary/aromatic N) is 3. The van der Waals surface area contributed by atoms with Crippen LogP contribution in [0.25, 0.3) is 11.0 Å². The van der Waals surface area contributed by atoms with E-state index in [1.807, 2.05) is 24.3 Å². The summed E-state index contributed by atoms with van der Waals surface area (Å²) in [5, 5.41) is 11.0. The third-order valence-corrected chi connectivity index (χ3v) is 5.46. The van der Waals surface area contributed by atoms with Crippen molar-refractivity contribution in [1.82, 2.24) is 20.5 Å². The average molecular weight is 314 g/mol. The first kappa shape index (κ1) is 14.5. The molecule has 1 amide bonds. The number of rotatable bonds is 5. The first-order chi connectivity index (χ1) is 11.2. The average Bonchev–Trinajstić information content (AvgIpc) is 3.28. The van der Waals surface area contributed by atoms with Crippen LogP contribution in [0, 0.1) is 17.8 Å². The number of para-hydroxylation sites is 1. The van der Waals surface area contributed by atoms with E-state index in [0.717, 1.165) is 22.9 Å². The molecular formula is C17H22N4O2. The van der Waals surface area contributed by atoms with E-state index in [9.17, 15) is 4.79 Å². The zero-order valence-electron chi connectivity index (χ0n) is 13.3.